The zero-order valence-electron chi connectivity index (χ0n) is 10.0. The molecule has 0 spiro atoms. The minimum absolute atomic E-state index is 0.224. The van der Waals surface area contributed by atoms with E-state index >= 15 is 0 Å². The zero-order valence-corrected chi connectivity index (χ0v) is 11.6. The molecule has 0 aliphatic carbocycles. The summed E-state index contributed by atoms with van der Waals surface area (Å²) in [6, 6.07) is 0.435. The maximum atomic E-state index is 11.1. The van der Waals surface area contributed by atoms with Crippen LogP contribution in [-0.2, 0) is 9.53 Å². The van der Waals surface area contributed by atoms with Crippen LogP contribution in [0, 0.1) is 5.92 Å². The van der Waals surface area contributed by atoms with Gasteiger partial charge in [-0.2, -0.15) is 0 Å². The second-order valence-corrected chi connectivity index (χ2v) is 5.15. The van der Waals surface area contributed by atoms with Crippen molar-refractivity contribution in [1.29, 1.82) is 0 Å². The number of esters is 1. The Bertz CT molecular complexity index is 187. The summed E-state index contributed by atoms with van der Waals surface area (Å²) in [5.74, 6) is 0.498. The second-order valence-electron chi connectivity index (χ2n) is 4.05. The van der Waals surface area contributed by atoms with Crippen LogP contribution in [0.15, 0.2) is 0 Å². The van der Waals surface area contributed by atoms with Crippen molar-refractivity contribution in [3.05, 3.63) is 0 Å². The lowest BCUT2D eigenvalue weighted by atomic mass is 10.0. The number of hydrogen-bond acceptors (Lipinski definition) is 3. The van der Waals surface area contributed by atoms with Gasteiger partial charge in [-0.15, -0.1) is 0 Å². The van der Waals surface area contributed by atoms with Crippen molar-refractivity contribution < 1.29 is 9.53 Å². The molecule has 0 saturated heterocycles. The zero-order chi connectivity index (χ0) is 11.8. The van der Waals surface area contributed by atoms with Gasteiger partial charge in [0.15, 0.2) is 0 Å². The molecule has 90 valence electrons. The lowest BCUT2D eigenvalue weighted by molar-refractivity contribution is -0.139. The van der Waals surface area contributed by atoms with E-state index in [0.29, 0.717) is 12.6 Å². The number of hydrogen-bond donors (Lipinski definition) is 1. The first-order valence-corrected chi connectivity index (χ1v) is 6.38. The van der Waals surface area contributed by atoms with Crippen molar-refractivity contribution in [3.63, 3.8) is 0 Å². The van der Waals surface area contributed by atoms with Gasteiger partial charge in [0.05, 0.1) is 7.11 Å². The molecule has 0 aromatic heterocycles. The Labute approximate surface area is 101 Å². The summed E-state index contributed by atoms with van der Waals surface area (Å²) in [5.41, 5.74) is 0. The van der Waals surface area contributed by atoms with E-state index in [1.54, 1.807) is 0 Å². The molecule has 3 atom stereocenters. The van der Waals surface area contributed by atoms with Crippen molar-refractivity contribution in [2.24, 2.45) is 5.92 Å². The first-order valence-electron chi connectivity index (χ1n) is 5.46. The molecule has 1 N–H and O–H groups in total. The molecule has 3 nitrogen and oxygen atoms in total. The lowest BCUT2D eigenvalue weighted by Crippen LogP contribution is -2.36. The van der Waals surface area contributed by atoms with Gasteiger partial charge in [-0.05, 0) is 19.3 Å². The summed E-state index contributed by atoms with van der Waals surface area (Å²) in [6.07, 6.45) is 2.33. The standard InChI is InChI=1S/C11H22BrNO2/c1-5-8(2)6-9(3)13-7-10(12)11(14)15-4/h8-10,13H,5-7H2,1-4H3. The predicted octanol–water partition coefficient (Wildman–Crippen LogP) is 2.34. The Morgan fingerprint density at radius 3 is 2.53 bits per heavy atom. The lowest BCUT2D eigenvalue weighted by Gasteiger charge is -2.18. The SMILES string of the molecule is CCC(C)CC(C)NCC(Br)C(=O)OC. The summed E-state index contributed by atoms with van der Waals surface area (Å²) in [5, 5.41) is 3.32. The van der Waals surface area contributed by atoms with Crippen LogP contribution in [0.1, 0.15) is 33.6 Å². The van der Waals surface area contributed by atoms with E-state index < -0.39 is 0 Å². The van der Waals surface area contributed by atoms with Crippen LogP contribution < -0.4 is 5.32 Å². The van der Waals surface area contributed by atoms with Gasteiger partial charge in [-0.3, -0.25) is 4.79 Å². The summed E-state index contributed by atoms with van der Waals surface area (Å²) < 4.78 is 4.62. The number of nitrogens with one attached hydrogen (secondary N) is 1. The molecule has 0 rings (SSSR count). The maximum Gasteiger partial charge on any atom is 0.320 e. The minimum atomic E-state index is -0.248. The molecule has 0 heterocycles. The van der Waals surface area contributed by atoms with E-state index in [-0.39, 0.29) is 10.8 Å². The highest BCUT2D eigenvalue weighted by atomic mass is 79.9. The van der Waals surface area contributed by atoms with Crippen molar-refractivity contribution in [1.82, 2.24) is 5.32 Å². The molecule has 0 aliphatic heterocycles. The van der Waals surface area contributed by atoms with Gasteiger partial charge in [0.2, 0.25) is 0 Å². The van der Waals surface area contributed by atoms with Crippen LogP contribution in [0.5, 0.6) is 0 Å². The van der Waals surface area contributed by atoms with E-state index in [0.717, 1.165) is 12.3 Å². The molecule has 0 saturated carbocycles. The van der Waals surface area contributed by atoms with Crippen LogP contribution in [0.3, 0.4) is 0 Å². The minimum Gasteiger partial charge on any atom is -0.468 e. The molecule has 0 aliphatic rings. The summed E-state index contributed by atoms with van der Waals surface area (Å²) in [4.78, 5) is 10.8. The third-order valence-corrected chi connectivity index (χ3v) is 3.25. The van der Waals surface area contributed by atoms with Gasteiger partial charge in [0.1, 0.15) is 4.83 Å². The van der Waals surface area contributed by atoms with E-state index in [1.165, 1.54) is 13.5 Å². The number of halogens is 1. The molecule has 0 fully saturated rings. The fraction of sp³-hybridized carbons (Fsp3) is 0.909. The highest BCUT2D eigenvalue weighted by Gasteiger charge is 2.16. The molecule has 0 radical (unpaired) electrons. The van der Waals surface area contributed by atoms with Crippen LogP contribution >= 0.6 is 15.9 Å². The Morgan fingerprint density at radius 2 is 2.07 bits per heavy atom. The highest BCUT2D eigenvalue weighted by Crippen LogP contribution is 2.10. The van der Waals surface area contributed by atoms with Gasteiger partial charge in [-0.1, -0.05) is 36.2 Å². The fourth-order valence-corrected chi connectivity index (χ4v) is 1.74. The van der Waals surface area contributed by atoms with Crippen molar-refractivity contribution in [2.45, 2.75) is 44.5 Å². The number of carbonyl (C=O) groups excluding carboxylic acids is 1. The summed E-state index contributed by atoms with van der Waals surface area (Å²) in [7, 11) is 1.40. The highest BCUT2D eigenvalue weighted by molar-refractivity contribution is 9.10. The van der Waals surface area contributed by atoms with Crippen LogP contribution in [0.2, 0.25) is 0 Å². The first kappa shape index (κ1) is 14.9. The topological polar surface area (TPSA) is 38.3 Å². The number of ether oxygens (including phenoxy) is 1. The van der Waals surface area contributed by atoms with Crippen LogP contribution in [0.4, 0.5) is 0 Å². The van der Waals surface area contributed by atoms with Crippen LogP contribution in [-0.4, -0.2) is 30.5 Å². The van der Waals surface area contributed by atoms with E-state index in [2.05, 4.69) is 46.8 Å². The van der Waals surface area contributed by atoms with Gasteiger partial charge >= 0.3 is 5.97 Å². The van der Waals surface area contributed by atoms with E-state index in [4.69, 9.17) is 0 Å². The quantitative estimate of drug-likeness (QED) is 0.574. The number of rotatable bonds is 7. The third-order valence-electron chi connectivity index (χ3n) is 2.56. The monoisotopic (exact) mass is 279 g/mol. The fourth-order valence-electron chi connectivity index (χ4n) is 1.37. The first-order chi connectivity index (χ1) is 7.01. The average Bonchev–Trinajstić information content (AvgIpc) is 2.24. The van der Waals surface area contributed by atoms with E-state index in [1.807, 2.05) is 0 Å². The summed E-state index contributed by atoms with van der Waals surface area (Å²) >= 11 is 3.28. The maximum absolute atomic E-state index is 11.1. The van der Waals surface area contributed by atoms with Gasteiger partial charge < -0.3 is 10.1 Å². The Balaban J connectivity index is 3.70. The third kappa shape index (κ3) is 6.90. The number of methoxy groups -OCH3 is 1. The predicted molar refractivity (Wildman–Crippen MR) is 66.3 cm³/mol. The Kier molecular flexibility index (Phi) is 8.06. The molecule has 15 heavy (non-hydrogen) atoms. The second kappa shape index (κ2) is 8.11. The average molecular weight is 280 g/mol. The summed E-state index contributed by atoms with van der Waals surface area (Å²) in [6.45, 7) is 7.19. The molecular formula is C11H22BrNO2. The van der Waals surface area contributed by atoms with Gasteiger partial charge in [0.25, 0.3) is 0 Å². The normalized spacial score (nSPS) is 16.9. The van der Waals surface area contributed by atoms with Crippen molar-refractivity contribution >= 4 is 21.9 Å². The molecule has 0 aromatic rings. The van der Waals surface area contributed by atoms with E-state index in [9.17, 15) is 4.79 Å². The van der Waals surface area contributed by atoms with Crippen molar-refractivity contribution in [3.8, 4) is 0 Å². The molecule has 3 unspecified atom stereocenters. The largest absolute Gasteiger partial charge is 0.468 e. The molecule has 0 amide bonds. The molecule has 0 aromatic carbocycles. The van der Waals surface area contributed by atoms with Gasteiger partial charge in [-0.25, -0.2) is 0 Å². The Hall–Kier alpha value is -0.0900. The Morgan fingerprint density at radius 1 is 1.47 bits per heavy atom. The van der Waals surface area contributed by atoms with Crippen molar-refractivity contribution in [2.75, 3.05) is 13.7 Å². The molecule has 4 heteroatoms. The smallest absolute Gasteiger partial charge is 0.320 e. The van der Waals surface area contributed by atoms with Gasteiger partial charge in [0, 0.05) is 12.6 Å². The number of alkyl halides is 1. The number of carbonyl (C=O) groups is 1. The van der Waals surface area contributed by atoms with Crippen LogP contribution in [0.25, 0.3) is 0 Å². The molecular weight excluding hydrogens is 258 g/mol. The molecule has 0 bridgehead atoms.